The number of fused-ring (bicyclic) bond motifs is 8. The van der Waals surface area contributed by atoms with Gasteiger partial charge >= 0.3 is 0 Å². The van der Waals surface area contributed by atoms with Gasteiger partial charge in [-0.25, -0.2) is 4.90 Å². The first-order chi connectivity index (χ1) is 15.0. The highest BCUT2D eigenvalue weighted by atomic mass is 16.7. The van der Waals surface area contributed by atoms with E-state index in [9.17, 15) is 14.4 Å². The van der Waals surface area contributed by atoms with Crippen LogP contribution in [0.15, 0.2) is 53.7 Å². The molecule has 0 N–H and O–H groups in total. The summed E-state index contributed by atoms with van der Waals surface area (Å²) >= 11 is 0. The number of hydrogen-bond acceptors (Lipinski definition) is 6. The van der Waals surface area contributed by atoms with Crippen molar-refractivity contribution in [3.05, 3.63) is 65.2 Å². The normalized spacial score (nSPS) is 32.7. The maximum atomic E-state index is 13.4. The van der Waals surface area contributed by atoms with Gasteiger partial charge in [0.15, 0.2) is 11.9 Å². The van der Waals surface area contributed by atoms with Gasteiger partial charge in [-0.15, -0.1) is 0 Å². The maximum Gasteiger partial charge on any atom is 0.240 e. The Bertz CT molecular complexity index is 1150. The van der Waals surface area contributed by atoms with Crippen LogP contribution in [0, 0.1) is 24.7 Å². The van der Waals surface area contributed by atoms with Crippen molar-refractivity contribution in [2.45, 2.75) is 32.2 Å². The molecule has 0 aromatic heterocycles. The van der Waals surface area contributed by atoms with Crippen LogP contribution in [0.1, 0.15) is 28.4 Å². The Balaban J connectivity index is 1.32. The second-order valence-corrected chi connectivity index (χ2v) is 8.67. The van der Waals surface area contributed by atoms with Gasteiger partial charge in [0.2, 0.25) is 11.8 Å². The van der Waals surface area contributed by atoms with Gasteiger partial charge in [0, 0.05) is 5.56 Å². The molecule has 6 rings (SSSR count). The van der Waals surface area contributed by atoms with Crippen LogP contribution in [0.2, 0.25) is 0 Å². The lowest BCUT2D eigenvalue weighted by Crippen LogP contribution is -2.45. The van der Waals surface area contributed by atoms with E-state index in [2.05, 4.69) is 5.16 Å². The quantitative estimate of drug-likeness (QED) is 0.567. The molecule has 4 aliphatic rings. The highest BCUT2D eigenvalue weighted by Gasteiger charge is 2.72. The molecule has 2 aromatic carbocycles. The smallest absolute Gasteiger partial charge is 0.240 e. The SMILES string of the molecule is CC(=O)c1ccc(N2C(=O)C3C4OC(C5C(c6ccc(C)cc6)=NOC45)C3C2=O)cc1. The van der Waals surface area contributed by atoms with E-state index in [-0.39, 0.29) is 29.6 Å². The van der Waals surface area contributed by atoms with Crippen LogP contribution >= 0.6 is 0 Å². The molecule has 31 heavy (non-hydrogen) atoms. The van der Waals surface area contributed by atoms with E-state index in [0.29, 0.717) is 11.3 Å². The minimum atomic E-state index is -0.571. The van der Waals surface area contributed by atoms with Crippen LogP contribution in [-0.2, 0) is 19.2 Å². The van der Waals surface area contributed by atoms with E-state index >= 15 is 0 Å². The zero-order valence-corrected chi connectivity index (χ0v) is 17.0. The number of carbonyl (C=O) groups excluding carboxylic acids is 3. The van der Waals surface area contributed by atoms with Crippen LogP contribution in [0.3, 0.4) is 0 Å². The van der Waals surface area contributed by atoms with Gasteiger partial charge in [-0.05, 0) is 43.7 Å². The van der Waals surface area contributed by atoms with Gasteiger partial charge in [0.1, 0.15) is 6.10 Å². The summed E-state index contributed by atoms with van der Waals surface area (Å²) in [4.78, 5) is 45.1. The van der Waals surface area contributed by atoms with Crippen LogP contribution < -0.4 is 4.90 Å². The van der Waals surface area contributed by atoms with Crippen LogP contribution in [0.5, 0.6) is 0 Å². The monoisotopic (exact) mass is 416 g/mol. The summed E-state index contributed by atoms with van der Waals surface area (Å²) in [6.07, 6.45) is -1.30. The van der Waals surface area contributed by atoms with Gasteiger partial charge in [-0.1, -0.05) is 35.0 Å². The number of amides is 2. The highest BCUT2D eigenvalue weighted by Crippen LogP contribution is 2.55. The minimum Gasteiger partial charge on any atom is -0.389 e. The number of carbonyl (C=O) groups is 3. The van der Waals surface area contributed by atoms with Crippen LogP contribution in [0.4, 0.5) is 5.69 Å². The summed E-state index contributed by atoms with van der Waals surface area (Å²) in [6.45, 7) is 3.50. The molecule has 0 aliphatic carbocycles. The molecule has 3 fully saturated rings. The molecule has 3 saturated heterocycles. The Hall–Kier alpha value is -3.32. The first kappa shape index (κ1) is 18.4. The summed E-state index contributed by atoms with van der Waals surface area (Å²) < 4.78 is 6.14. The molecular weight excluding hydrogens is 396 g/mol. The lowest BCUT2D eigenvalue weighted by Gasteiger charge is -2.26. The number of anilines is 1. The fourth-order valence-corrected chi connectivity index (χ4v) is 5.42. The fraction of sp³-hybridized carbons (Fsp3) is 0.333. The van der Waals surface area contributed by atoms with Gasteiger partial charge in [0.05, 0.1) is 35.3 Å². The lowest BCUT2D eigenvalue weighted by atomic mass is 9.71. The van der Waals surface area contributed by atoms with Crippen molar-refractivity contribution in [2.75, 3.05) is 4.90 Å². The molecule has 4 aliphatic heterocycles. The Kier molecular flexibility index (Phi) is 3.77. The number of Topliss-reactive ketones (excluding diaryl/α,β-unsaturated/α-hetero) is 1. The van der Waals surface area contributed by atoms with Crippen LogP contribution in [-0.4, -0.2) is 41.6 Å². The summed E-state index contributed by atoms with van der Waals surface area (Å²) in [5.41, 5.74) is 3.88. The molecule has 2 bridgehead atoms. The second-order valence-electron chi connectivity index (χ2n) is 8.67. The zero-order chi connectivity index (χ0) is 21.4. The topological polar surface area (TPSA) is 85.3 Å². The first-order valence-electron chi connectivity index (χ1n) is 10.4. The third-order valence-corrected chi connectivity index (χ3v) is 6.92. The summed E-state index contributed by atoms with van der Waals surface area (Å²) in [5, 5.41) is 4.31. The van der Waals surface area contributed by atoms with E-state index in [4.69, 9.17) is 9.57 Å². The summed E-state index contributed by atoms with van der Waals surface area (Å²) in [7, 11) is 0. The van der Waals surface area contributed by atoms with E-state index in [1.54, 1.807) is 24.3 Å². The van der Waals surface area contributed by atoms with Crippen molar-refractivity contribution in [2.24, 2.45) is 22.9 Å². The largest absolute Gasteiger partial charge is 0.389 e. The number of nitrogens with zero attached hydrogens (tertiary/aromatic N) is 2. The Morgan fingerprint density at radius 1 is 0.871 bits per heavy atom. The maximum absolute atomic E-state index is 13.4. The van der Waals surface area contributed by atoms with E-state index < -0.39 is 24.0 Å². The number of imide groups is 1. The van der Waals surface area contributed by atoms with Crippen molar-refractivity contribution < 1.29 is 24.0 Å². The second kappa shape index (κ2) is 6.34. The molecule has 0 spiro atoms. The van der Waals surface area contributed by atoms with Crippen molar-refractivity contribution in [3.8, 4) is 0 Å². The standard InChI is InChI=1S/C24H20N2O5/c1-11-3-5-14(6-4-11)19-18-20-16-17(21(30-20)22(18)31-25-19)24(29)26(23(16)28)15-9-7-13(8-10-15)12(2)27/h3-10,16-18,20-22H,1-2H3. The van der Waals surface area contributed by atoms with Gasteiger partial charge in [0.25, 0.3) is 0 Å². The van der Waals surface area contributed by atoms with Crippen molar-refractivity contribution in [1.29, 1.82) is 0 Å². The van der Waals surface area contributed by atoms with Crippen molar-refractivity contribution in [3.63, 3.8) is 0 Å². The van der Waals surface area contributed by atoms with E-state index in [1.807, 2.05) is 31.2 Å². The van der Waals surface area contributed by atoms with Gasteiger partial charge in [-0.2, -0.15) is 0 Å². The summed E-state index contributed by atoms with van der Waals surface area (Å²) in [5.74, 6) is -1.90. The fourth-order valence-electron chi connectivity index (χ4n) is 5.42. The van der Waals surface area contributed by atoms with Crippen LogP contribution in [0.25, 0.3) is 0 Å². The molecule has 2 aromatic rings. The number of oxime groups is 1. The third-order valence-electron chi connectivity index (χ3n) is 6.92. The molecule has 7 nitrogen and oxygen atoms in total. The van der Waals surface area contributed by atoms with Gasteiger partial charge < -0.3 is 9.57 Å². The lowest BCUT2D eigenvalue weighted by molar-refractivity contribution is -0.125. The molecule has 7 heteroatoms. The van der Waals surface area contributed by atoms with Gasteiger partial charge in [-0.3, -0.25) is 14.4 Å². The Morgan fingerprint density at radius 3 is 2.16 bits per heavy atom. The predicted molar refractivity (Wildman–Crippen MR) is 111 cm³/mol. The molecule has 0 radical (unpaired) electrons. The zero-order valence-electron chi connectivity index (χ0n) is 17.0. The number of ketones is 1. The minimum absolute atomic E-state index is 0.0677. The highest BCUT2D eigenvalue weighted by molar-refractivity contribution is 6.23. The van der Waals surface area contributed by atoms with Crippen molar-refractivity contribution >= 4 is 29.0 Å². The molecule has 4 heterocycles. The number of ether oxygens (including phenoxy) is 1. The molecule has 6 atom stereocenters. The molecular formula is C24H20N2O5. The van der Waals surface area contributed by atoms with Crippen molar-refractivity contribution in [1.82, 2.24) is 0 Å². The Labute approximate surface area is 178 Å². The molecule has 2 amide bonds. The molecule has 6 unspecified atom stereocenters. The van der Waals surface area contributed by atoms with E-state index in [1.165, 1.54) is 11.8 Å². The van der Waals surface area contributed by atoms with E-state index in [0.717, 1.165) is 16.8 Å². The first-order valence-corrected chi connectivity index (χ1v) is 10.4. The number of hydrogen-bond donors (Lipinski definition) is 0. The molecule has 156 valence electrons. The predicted octanol–water partition coefficient (Wildman–Crippen LogP) is 2.50. The number of aryl methyl sites for hydroxylation is 1. The number of benzene rings is 2. The number of rotatable bonds is 3. The summed E-state index contributed by atoms with van der Waals surface area (Å²) in [6, 6.07) is 14.6. The average Bonchev–Trinajstić information content (AvgIpc) is 3.49. The average molecular weight is 416 g/mol. The Morgan fingerprint density at radius 2 is 1.52 bits per heavy atom. The molecule has 0 saturated carbocycles. The third kappa shape index (κ3) is 2.44.